The molecule has 1 fully saturated rings. The molecule has 1 saturated heterocycles. The van der Waals surface area contributed by atoms with Gasteiger partial charge in [0.15, 0.2) is 16.6 Å². The summed E-state index contributed by atoms with van der Waals surface area (Å²) < 4.78 is 18.8. The summed E-state index contributed by atoms with van der Waals surface area (Å²) in [5.41, 5.74) is 0. The fourth-order valence-electron chi connectivity index (χ4n) is 2.86. The third-order valence-corrected chi connectivity index (χ3v) is 16.2. The average Bonchev–Trinajstić information content (AvgIpc) is 2.46. The van der Waals surface area contributed by atoms with Gasteiger partial charge in [0, 0.05) is 18.9 Å². The van der Waals surface area contributed by atoms with Crippen LogP contribution >= 0.6 is 0 Å². The van der Waals surface area contributed by atoms with Crippen LogP contribution in [0.1, 0.15) is 61.8 Å². The second-order valence-electron chi connectivity index (χ2n) is 11.4. The normalized spacial score (nSPS) is 28.2. The first kappa shape index (κ1) is 24.9. The van der Waals surface area contributed by atoms with Gasteiger partial charge in [0.05, 0.1) is 12.0 Å². The van der Waals surface area contributed by atoms with Crippen molar-refractivity contribution in [2.24, 2.45) is 11.8 Å². The molecule has 0 bridgehead atoms. The van der Waals surface area contributed by atoms with Gasteiger partial charge in [0.25, 0.3) is 0 Å². The lowest BCUT2D eigenvalue weighted by molar-refractivity contribution is -0.177. The first-order chi connectivity index (χ1) is 11.9. The zero-order chi connectivity index (χ0) is 21.4. The van der Waals surface area contributed by atoms with Crippen LogP contribution in [-0.4, -0.2) is 41.4 Å². The van der Waals surface area contributed by atoms with Crippen LogP contribution < -0.4 is 0 Å². The Morgan fingerprint density at radius 2 is 1.41 bits per heavy atom. The fourth-order valence-corrected chi connectivity index (χ4v) is 5.37. The third kappa shape index (κ3) is 5.90. The minimum Gasteiger partial charge on any atom is -0.462 e. The second kappa shape index (κ2) is 8.29. The number of ether oxygens (including phenoxy) is 1. The summed E-state index contributed by atoms with van der Waals surface area (Å²) in [6.45, 7) is 27.2. The number of carbonyl (C=O) groups is 1. The molecule has 0 amide bonds. The SMILES string of the molecule is C[C@@H]1C(=O)O[C@H](CCO[Si](C)(C)C(C)(C)C)[C@H](C)C1O[Si](C)(C)C(C)(C)C. The van der Waals surface area contributed by atoms with E-state index >= 15 is 0 Å². The highest BCUT2D eigenvalue weighted by Crippen LogP contribution is 2.41. The molecule has 1 rings (SSSR count). The first-order valence-electron chi connectivity index (χ1n) is 10.4. The zero-order valence-corrected chi connectivity index (χ0v) is 21.9. The average molecular weight is 417 g/mol. The van der Waals surface area contributed by atoms with Crippen molar-refractivity contribution in [1.82, 2.24) is 0 Å². The maximum absolute atomic E-state index is 12.5. The van der Waals surface area contributed by atoms with Crippen LogP contribution in [0, 0.1) is 11.8 Å². The van der Waals surface area contributed by atoms with Crippen LogP contribution in [-0.2, 0) is 18.4 Å². The fraction of sp³-hybridized carbons (Fsp3) is 0.952. The van der Waals surface area contributed by atoms with Gasteiger partial charge in [-0.15, -0.1) is 0 Å². The number of hydrogen-bond acceptors (Lipinski definition) is 4. The zero-order valence-electron chi connectivity index (χ0n) is 19.9. The molecule has 1 heterocycles. The van der Waals surface area contributed by atoms with Gasteiger partial charge in [-0.1, -0.05) is 48.5 Å². The van der Waals surface area contributed by atoms with Crippen LogP contribution in [0.5, 0.6) is 0 Å². The minimum atomic E-state index is -1.95. The van der Waals surface area contributed by atoms with E-state index in [0.29, 0.717) is 6.61 Å². The molecule has 0 saturated carbocycles. The van der Waals surface area contributed by atoms with E-state index in [2.05, 4.69) is 74.7 Å². The van der Waals surface area contributed by atoms with Crippen molar-refractivity contribution in [3.63, 3.8) is 0 Å². The van der Waals surface area contributed by atoms with E-state index in [4.69, 9.17) is 13.6 Å². The molecule has 27 heavy (non-hydrogen) atoms. The molecule has 0 aromatic carbocycles. The Labute approximate surface area is 170 Å². The molecule has 1 aliphatic rings. The Morgan fingerprint density at radius 3 is 1.85 bits per heavy atom. The smallest absolute Gasteiger partial charge is 0.311 e. The summed E-state index contributed by atoms with van der Waals surface area (Å²) >= 11 is 0. The number of rotatable bonds is 6. The summed E-state index contributed by atoms with van der Waals surface area (Å²) in [5.74, 6) is -0.171. The first-order valence-corrected chi connectivity index (χ1v) is 16.2. The molecule has 1 aliphatic heterocycles. The summed E-state index contributed by atoms with van der Waals surface area (Å²) in [6.07, 6.45) is 0.530. The minimum absolute atomic E-state index is 0.0787. The lowest BCUT2D eigenvalue weighted by Crippen LogP contribution is -2.54. The lowest BCUT2D eigenvalue weighted by Gasteiger charge is -2.46. The standard InChI is InChI=1S/C21H44O4Si2/c1-15-17(13-14-23-26(9,10)20(3,4)5)24-19(22)16(2)18(15)25-27(11,12)21(6,7)8/h15-18H,13-14H2,1-12H3/t15-,16-,17+,18?/m0/s1. The largest absolute Gasteiger partial charge is 0.462 e. The van der Waals surface area contributed by atoms with Crippen LogP contribution in [0.3, 0.4) is 0 Å². The van der Waals surface area contributed by atoms with Crippen molar-refractivity contribution >= 4 is 22.6 Å². The molecule has 4 nitrogen and oxygen atoms in total. The van der Waals surface area contributed by atoms with E-state index in [0.717, 1.165) is 6.42 Å². The predicted octanol–water partition coefficient (Wildman–Crippen LogP) is 5.99. The summed E-state index contributed by atoms with van der Waals surface area (Å²) in [6, 6.07) is 0. The van der Waals surface area contributed by atoms with Gasteiger partial charge in [-0.2, -0.15) is 0 Å². The Hall–Kier alpha value is -0.176. The van der Waals surface area contributed by atoms with Crippen molar-refractivity contribution in [1.29, 1.82) is 0 Å². The summed E-state index contributed by atoms with van der Waals surface area (Å²) in [4.78, 5) is 12.5. The summed E-state index contributed by atoms with van der Waals surface area (Å²) in [7, 11) is -3.74. The van der Waals surface area contributed by atoms with Gasteiger partial charge in [-0.3, -0.25) is 4.79 Å². The van der Waals surface area contributed by atoms with Gasteiger partial charge in [0.2, 0.25) is 0 Å². The Kier molecular flexibility index (Phi) is 7.63. The van der Waals surface area contributed by atoms with Gasteiger partial charge >= 0.3 is 5.97 Å². The van der Waals surface area contributed by atoms with Crippen molar-refractivity contribution in [2.75, 3.05) is 6.61 Å². The van der Waals surface area contributed by atoms with E-state index < -0.39 is 16.6 Å². The molecular weight excluding hydrogens is 372 g/mol. The number of carbonyl (C=O) groups excluding carboxylic acids is 1. The van der Waals surface area contributed by atoms with E-state index in [-0.39, 0.29) is 40.1 Å². The van der Waals surface area contributed by atoms with Gasteiger partial charge in [-0.25, -0.2) is 0 Å². The molecule has 6 heteroatoms. The molecule has 0 radical (unpaired) electrons. The number of esters is 1. The highest BCUT2D eigenvalue weighted by molar-refractivity contribution is 6.74. The molecule has 0 spiro atoms. The maximum Gasteiger partial charge on any atom is 0.311 e. The van der Waals surface area contributed by atoms with E-state index in [1.807, 2.05) is 6.92 Å². The highest BCUT2D eigenvalue weighted by atomic mass is 28.4. The Bertz CT molecular complexity index is 517. The third-order valence-electron chi connectivity index (χ3n) is 7.15. The molecular formula is C21H44O4Si2. The van der Waals surface area contributed by atoms with E-state index in [9.17, 15) is 4.79 Å². The van der Waals surface area contributed by atoms with Crippen LogP contribution in [0.15, 0.2) is 0 Å². The molecule has 0 aliphatic carbocycles. The Balaban J connectivity index is 2.83. The van der Waals surface area contributed by atoms with Crippen molar-refractivity contribution < 1.29 is 18.4 Å². The van der Waals surface area contributed by atoms with E-state index in [1.54, 1.807) is 0 Å². The van der Waals surface area contributed by atoms with Crippen molar-refractivity contribution in [3.05, 3.63) is 0 Å². The molecule has 1 unspecified atom stereocenters. The number of hydrogen-bond donors (Lipinski definition) is 0. The van der Waals surface area contributed by atoms with Gasteiger partial charge < -0.3 is 13.6 Å². The molecule has 4 atom stereocenters. The topological polar surface area (TPSA) is 44.8 Å². The molecule has 0 aromatic heterocycles. The van der Waals surface area contributed by atoms with Gasteiger partial charge in [-0.05, 0) is 43.2 Å². The van der Waals surface area contributed by atoms with Crippen LogP contribution in [0.25, 0.3) is 0 Å². The molecule has 0 aromatic rings. The number of cyclic esters (lactones) is 1. The van der Waals surface area contributed by atoms with Gasteiger partial charge in [0.1, 0.15) is 6.10 Å². The predicted molar refractivity (Wildman–Crippen MR) is 118 cm³/mol. The second-order valence-corrected chi connectivity index (χ2v) is 20.9. The maximum atomic E-state index is 12.5. The molecule has 0 N–H and O–H groups in total. The molecule has 160 valence electrons. The van der Waals surface area contributed by atoms with Crippen LogP contribution in [0.2, 0.25) is 36.3 Å². The quantitative estimate of drug-likeness (QED) is 0.394. The highest BCUT2D eigenvalue weighted by Gasteiger charge is 2.47. The van der Waals surface area contributed by atoms with Crippen molar-refractivity contribution in [3.8, 4) is 0 Å². The summed E-state index contributed by atoms with van der Waals surface area (Å²) in [5, 5.41) is 0.305. The monoisotopic (exact) mass is 416 g/mol. The van der Waals surface area contributed by atoms with E-state index in [1.165, 1.54) is 0 Å². The lowest BCUT2D eigenvalue weighted by atomic mass is 9.85. The van der Waals surface area contributed by atoms with Crippen molar-refractivity contribution in [2.45, 2.75) is 110 Å². The van der Waals surface area contributed by atoms with Crippen LogP contribution in [0.4, 0.5) is 0 Å². The Morgan fingerprint density at radius 1 is 0.926 bits per heavy atom.